The van der Waals surface area contributed by atoms with E-state index in [4.69, 9.17) is 18.9 Å². The second-order valence-corrected chi connectivity index (χ2v) is 8.22. The Labute approximate surface area is 201 Å². The number of amides is 2. The van der Waals surface area contributed by atoms with Crippen LogP contribution in [-0.4, -0.2) is 71.0 Å². The minimum atomic E-state index is -1.59. The van der Waals surface area contributed by atoms with Crippen molar-refractivity contribution in [2.45, 2.75) is 51.1 Å². The minimum absolute atomic E-state index is 0.0381. The highest BCUT2D eigenvalue weighted by Crippen LogP contribution is 2.34. The standard InChI is InChI=1S/C25H25NO9/c1-14(27)32-13-19-22(34-15(2)28)21(29)20(25(35-19)33-12-16-8-4-3-5-9-16)26-23(30)17-10-6-7-11-18(17)24(26)31/h3-11,19-22,25,29H,12-13H2,1-2H3/t19-,20-,21+,22-,25?/m1/s1. The molecule has 2 aliphatic heterocycles. The van der Waals surface area contributed by atoms with Crippen LogP contribution in [0.4, 0.5) is 0 Å². The highest BCUT2D eigenvalue weighted by atomic mass is 16.7. The molecule has 0 bridgehead atoms. The molecule has 2 aliphatic rings. The first kappa shape index (κ1) is 24.5. The van der Waals surface area contributed by atoms with Gasteiger partial charge in [0.1, 0.15) is 24.9 Å². The Hall–Kier alpha value is -3.60. The Bertz CT molecular complexity index is 1080. The average Bonchev–Trinajstić information content (AvgIpc) is 3.08. The Kier molecular flexibility index (Phi) is 7.25. The molecule has 35 heavy (non-hydrogen) atoms. The molecule has 0 aliphatic carbocycles. The van der Waals surface area contributed by atoms with E-state index in [0.29, 0.717) is 0 Å². The van der Waals surface area contributed by atoms with E-state index >= 15 is 0 Å². The normalized spacial score (nSPS) is 25.8. The molecule has 184 valence electrons. The van der Waals surface area contributed by atoms with Crippen LogP contribution in [0.1, 0.15) is 40.1 Å². The molecular weight excluding hydrogens is 458 g/mol. The van der Waals surface area contributed by atoms with Crippen LogP contribution in [0.25, 0.3) is 0 Å². The molecule has 0 radical (unpaired) electrons. The van der Waals surface area contributed by atoms with Gasteiger partial charge in [0.15, 0.2) is 12.4 Å². The van der Waals surface area contributed by atoms with Gasteiger partial charge in [-0.1, -0.05) is 42.5 Å². The molecular formula is C25H25NO9. The second kappa shape index (κ2) is 10.3. The van der Waals surface area contributed by atoms with Gasteiger partial charge in [-0.3, -0.25) is 24.1 Å². The van der Waals surface area contributed by atoms with Crippen LogP contribution >= 0.6 is 0 Å². The molecule has 1 saturated heterocycles. The zero-order valence-corrected chi connectivity index (χ0v) is 19.2. The van der Waals surface area contributed by atoms with Gasteiger partial charge in [-0.25, -0.2) is 0 Å². The van der Waals surface area contributed by atoms with Gasteiger partial charge in [0, 0.05) is 13.8 Å². The first-order valence-electron chi connectivity index (χ1n) is 11.0. The SMILES string of the molecule is CC(=O)OC[C@H]1OC(OCc2ccccc2)[C@H](N2C(=O)c3ccccc3C2=O)[C@H](O)[C@@H]1OC(C)=O. The fraction of sp³-hybridized carbons (Fsp3) is 0.360. The molecule has 0 saturated carbocycles. The number of aliphatic hydroxyl groups excluding tert-OH is 1. The summed E-state index contributed by atoms with van der Waals surface area (Å²) in [4.78, 5) is 50.5. The topological polar surface area (TPSA) is 129 Å². The van der Waals surface area contributed by atoms with Crippen LogP contribution < -0.4 is 0 Å². The van der Waals surface area contributed by atoms with Crippen molar-refractivity contribution in [2.24, 2.45) is 0 Å². The molecule has 10 heteroatoms. The zero-order chi connectivity index (χ0) is 25.1. The summed E-state index contributed by atoms with van der Waals surface area (Å²) in [7, 11) is 0. The molecule has 0 spiro atoms. The number of hydrogen-bond acceptors (Lipinski definition) is 9. The van der Waals surface area contributed by atoms with Crippen molar-refractivity contribution in [1.82, 2.24) is 4.90 Å². The summed E-state index contributed by atoms with van der Waals surface area (Å²) >= 11 is 0. The van der Waals surface area contributed by atoms with Crippen LogP contribution in [0.3, 0.4) is 0 Å². The van der Waals surface area contributed by atoms with Crippen LogP contribution in [-0.2, 0) is 35.1 Å². The smallest absolute Gasteiger partial charge is 0.303 e. The number of esters is 2. The van der Waals surface area contributed by atoms with E-state index in [2.05, 4.69) is 0 Å². The predicted molar refractivity (Wildman–Crippen MR) is 119 cm³/mol. The molecule has 2 amide bonds. The zero-order valence-electron chi connectivity index (χ0n) is 19.2. The number of aliphatic hydroxyl groups is 1. The summed E-state index contributed by atoms with van der Waals surface area (Å²) in [5.74, 6) is -2.60. The lowest BCUT2D eigenvalue weighted by atomic mass is 9.95. The van der Waals surface area contributed by atoms with E-state index in [1.54, 1.807) is 12.1 Å². The predicted octanol–water partition coefficient (Wildman–Crippen LogP) is 1.45. The van der Waals surface area contributed by atoms with Gasteiger partial charge in [-0.2, -0.15) is 0 Å². The highest BCUT2D eigenvalue weighted by Gasteiger charge is 2.55. The lowest BCUT2D eigenvalue weighted by molar-refractivity contribution is -0.286. The molecule has 1 unspecified atom stereocenters. The van der Waals surface area contributed by atoms with Gasteiger partial charge >= 0.3 is 11.9 Å². The molecule has 2 aromatic carbocycles. The van der Waals surface area contributed by atoms with E-state index in [1.165, 1.54) is 19.1 Å². The Morgan fingerprint density at radius 1 is 0.943 bits per heavy atom. The molecule has 0 aromatic heterocycles. The largest absolute Gasteiger partial charge is 0.463 e. The summed E-state index contributed by atoms with van der Waals surface area (Å²) in [6.45, 7) is 2.04. The number of nitrogens with zero attached hydrogens (tertiary/aromatic N) is 1. The molecule has 1 N–H and O–H groups in total. The number of ether oxygens (including phenoxy) is 4. The van der Waals surface area contributed by atoms with Gasteiger partial charge in [-0.05, 0) is 17.7 Å². The van der Waals surface area contributed by atoms with Gasteiger partial charge in [-0.15, -0.1) is 0 Å². The summed E-state index contributed by atoms with van der Waals surface area (Å²) in [5, 5.41) is 11.3. The third kappa shape index (κ3) is 5.09. The van der Waals surface area contributed by atoms with E-state index in [-0.39, 0.29) is 24.3 Å². The molecule has 2 aromatic rings. The molecule has 1 fully saturated rings. The second-order valence-electron chi connectivity index (χ2n) is 8.22. The molecule has 2 heterocycles. The number of carbonyl (C=O) groups excluding carboxylic acids is 4. The Morgan fingerprint density at radius 3 is 2.11 bits per heavy atom. The Balaban J connectivity index is 1.68. The highest BCUT2D eigenvalue weighted by molar-refractivity contribution is 6.21. The number of fused-ring (bicyclic) bond motifs is 1. The van der Waals surface area contributed by atoms with Crippen molar-refractivity contribution in [3.05, 3.63) is 71.3 Å². The quantitative estimate of drug-likeness (QED) is 0.459. The molecule has 10 nitrogen and oxygen atoms in total. The van der Waals surface area contributed by atoms with Crippen molar-refractivity contribution in [3.8, 4) is 0 Å². The fourth-order valence-electron chi connectivity index (χ4n) is 4.22. The van der Waals surface area contributed by atoms with Crippen molar-refractivity contribution in [1.29, 1.82) is 0 Å². The summed E-state index contributed by atoms with van der Waals surface area (Å²) < 4.78 is 22.2. The average molecular weight is 483 g/mol. The summed E-state index contributed by atoms with van der Waals surface area (Å²) in [6.07, 6.45) is -5.33. The van der Waals surface area contributed by atoms with Crippen molar-refractivity contribution < 1.29 is 43.2 Å². The maximum atomic E-state index is 13.2. The maximum Gasteiger partial charge on any atom is 0.303 e. The lowest BCUT2D eigenvalue weighted by Crippen LogP contribution is -2.66. The first-order valence-corrected chi connectivity index (χ1v) is 11.0. The van der Waals surface area contributed by atoms with Crippen LogP contribution in [0.5, 0.6) is 0 Å². The number of rotatable bonds is 7. The fourth-order valence-corrected chi connectivity index (χ4v) is 4.22. The number of imide groups is 1. The lowest BCUT2D eigenvalue weighted by Gasteiger charge is -2.45. The Morgan fingerprint density at radius 2 is 1.54 bits per heavy atom. The van der Waals surface area contributed by atoms with E-state index in [9.17, 15) is 24.3 Å². The van der Waals surface area contributed by atoms with Gasteiger partial charge in [0.05, 0.1) is 17.7 Å². The van der Waals surface area contributed by atoms with Crippen LogP contribution in [0, 0.1) is 0 Å². The van der Waals surface area contributed by atoms with E-state index in [0.717, 1.165) is 17.4 Å². The minimum Gasteiger partial charge on any atom is -0.463 e. The summed E-state index contributed by atoms with van der Waals surface area (Å²) in [6, 6.07) is 14.0. The van der Waals surface area contributed by atoms with Crippen molar-refractivity contribution in [3.63, 3.8) is 0 Å². The summed E-state index contributed by atoms with van der Waals surface area (Å²) in [5.41, 5.74) is 1.14. The van der Waals surface area contributed by atoms with E-state index in [1.807, 2.05) is 30.3 Å². The van der Waals surface area contributed by atoms with Gasteiger partial charge < -0.3 is 24.1 Å². The van der Waals surface area contributed by atoms with Crippen molar-refractivity contribution in [2.75, 3.05) is 6.61 Å². The van der Waals surface area contributed by atoms with Crippen molar-refractivity contribution >= 4 is 23.8 Å². The van der Waals surface area contributed by atoms with E-state index < -0.39 is 54.4 Å². The van der Waals surface area contributed by atoms with Crippen LogP contribution in [0.2, 0.25) is 0 Å². The first-order chi connectivity index (χ1) is 16.8. The number of hydrogen-bond donors (Lipinski definition) is 1. The monoisotopic (exact) mass is 483 g/mol. The third-order valence-corrected chi connectivity index (χ3v) is 5.77. The molecule has 4 rings (SSSR count). The van der Waals surface area contributed by atoms with Gasteiger partial charge in [0.25, 0.3) is 11.8 Å². The van der Waals surface area contributed by atoms with Gasteiger partial charge in [0.2, 0.25) is 0 Å². The maximum absolute atomic E-state index is 13.2. The number of benzene rings is 2. The number of carbonyl (C=O) groups is 4. The van der Waals surface area contributed by atoms with Crippen LogP contribution in [0.15, 0.2) is 54.6 Å². The third-order valence-electron chi connectivity index (χ3n) is 5.77. The molecule has 5 atom stereocenters.